The van der Waals surface area contributed by atoms with Gasteiger partial charge in [0.2, 0.25) is 5.91 Å². The summed E-state index contributed by atoms with van der Waals surface area (Å²) >= 11 is 0. The minimum absolute atomic E-state index is 0.0623. The van der Waals surface area contributed by atoms with Gasteiger partial charge in [0.25, 0.3) is 0 Å². The van der Waals surface area contributed by atoms with E-state index in [0.29, 0.717) is 12.2 Å². The Hall–Kier alpha value is -3.65. The third kappa shape index (κ3) is 7.50. The molecule has 8 heteroatoms. The highest BCUT2D eigenvalue weighted by Gasteiger charge is 2.32. The lowest BCUT2D eigenvalue weighted by Gasteiger charge is -2.31. The van der Waals surface area contributed by atoms with Crippen molar-refractivity contribution in [2.24, 2.45) is 5.92 Å². The molecule has 0 radical (unpaired) electrons. The number of carbonyl (C=O) groups excluding carboxylic acids is 2. The van der Waals surface area contributed by atoms with Gasteiger partial charge in [-0.25, -0.2) is 4.79 Å². The van der Waals surface area contributed by atoms with E-state index in [9.17, 15) is 14.7 Å². The van der Waals surface area contributed by atoms with Crippen LogP contribution in [0.2, 0.25) is 0 Å². The number of anilines is 1. The first-order valence-electron chi connectivity index (χ1n) is 14.2. The molecule has 40 heavy (non-hydrogen) atoms. The molecule has 1 unspecified atom stereocenters. The second-order valence-electron chi connectivity index (χ2n) is 11.8. The van der Waals surface area contributed by atoms with E-state index in [0.717, 1.165) is 60.2 Å². The Kier molecular flexibility index (Phi) is 9.30. The van der Waals surface area contributed by atoms with E-state index in [4.69, 9.17) is 9.84 Å². The normalized spacial score (nSPS) is 15.8. The van der Waals surface area contributed by atoms with Crippen LogP contribution in [0.1, 0.15) is 82.9 Å². The lowest BCUT2D eigenvalue weighted by Crippen LogP contribution is -2.50. The van der Waals surface area contributed by atoms with Crippen LogP contribution in [0.3, 0.4) is 0 Å². The maximum Gasteiger partial charge on any atom is 0.408 e. The number of rotatable bonds is 8. The van der Waals surface area contributed by atoms with Crippen molar-refractivity contribution in [2.45, 2.75) is 91.0 Å². The number of hydrogen-bond acceptors (Lipinski definition) is 5. The third-order valence-corrected chi connectivity index (χ3v) is 7.25. The Balaban J connectivity index is 1.53. The molecule has 2 atom stereocenters. The number of alkyl carbamates (subject to hydrolysis) is 1. The monoisotopic (exact) mass is 546 g/mol. The topological polar surface area (TPSA) is 105 Å². The van der Waals surface area contributed by atoms with Gasteiger partial charge in [0, 0.05) is 11.3 Å². The van der Waals surface area contributed by atoms with Crippen LogP contribution in [-0.4, -0.2) is 38.5 Å². The molecule has 1 aliphatic rings. The van der Waals surface area contributed by atoms with Gasteiger partial charge in [-0.05, 0) is 76.6 Å². The van der Waals surface area contributed by atoms with Gasteiger partial charge in [-0.2, -0.15) is 5.10 Å². The fourth-order valence-corrected chi connectivity index (χ4v) is 5.50. The van der Waals surface area contributed by atoms with E-state index >= 15 is 0 Å². The molecule has 0 bridgehead atoms. The maximum absolute atomic E-state index is 13.4. The number of benzene rings is 2. The number of hydrogen-bond donors (Lipinski definition) is 3. The van der Waals surface area contributed by atoms with Crippen LogP contribution in [0.15, 0.2) is 54.6 Å². The molecule has 4 rings (SSSR count). The fraction of sp³-hybridized carbons (Fsp3) is 0.469. The Labute approximate surface area is 237 Å². The molecule has 1 fully saturated rings. The number of carbonyl (C=O) groups is 2. The second kappa shape index (κ2) is 12.7. The van der Waals surface area contributed by atoms with Crippen molar-refractivity contribution in [3.63, 3.8) is 0 Å². The Morgan fingerprint density at radius 3 is 2.30 bits per heavy atom. The molecule has 3 N–H and O–H groups in total. The van der Waals surface area contributed by atoms with Crippen LogP contribution >= 0.6 is 0 Å². The average Bonchev–Trinajstić information content (AvgIpc) is 3.23. The second-order valence-corrected chi connectivity index (χ2v) is 11.8. The number of aryl methyl sites for hydroxylation is 1. The Bertz CT molecular complexity index is 1290. The SMILES string of the molecule is Cc1nn(Cc2ccccc2)c(C(C)O)c1-c1ccc(NC(=O)[C@@H](NC(=O)OC(C)(C)C)C2CCCCC2)cc1. The average molecular weight is 547 g/mol. The first-order chi connectivity index (χ1) is 19.0. The minimum Gasteiger partial charge on any atom is -0.444 e. The molecule has 1 heterocycles. The first-order valence-corrected chi connectivity index (χ1v) is 14.2. The van der Waals surface area contributed by atoms with Gasteiger partial charge in [-0.1, -0.05) is 61.7 Å². The molecule has 0 aliphatic heterocycles. The van der Waals surface area contributed by atoms with Crippen LogP contribution < -0.4 is 10.6 Å². The number of ether oxygens (including phenoxy) is 1. The van der Waals surface area contributed by atoms with Crippen LogP contribution in [0.4, 0.5) is 10.5 Å². The highest BCUT2D eigenvalue weighted by atomic mass is 16.6. The van der Waals surface area contributed by atoms with Crippen molar-refractivity contribution >= 4 is 17.7 Å². The number of aliphatic hydroxyl groups is 1. The zero-order chi connectivity index (χ0) is 28.9. The molecule has 1 aliphatic carbocycles. The van der Waals surface area contributed by atoms with E-state index in [1.54, 1.807) is 27.7 Å². The number of aliphatic hydroxyl groups excluding tert-OH is 1. The van der Waals surface area contributed by atoms with Crippen molar-refractivity contribution in [3.05, 3.63) is 71.5 Å². The van der Waals surface area contributed by atoms with Crippen molar-refractivity contribution in [1.29, 1.82) is 0 Å². The first kappa shape index (κ1) is 29.3. The summed E-state index contributed by atoms with van der Waals surface area (Å²) in [7, 11) is 0. The summed E-state index contributed by atoms with van der Waals surface area (Å²) in [6.45, 7) is 9.66. The summed E-state index contributed by atoms with van der Waals surface area (Å²) in [5, 5.41) is 21.2. The predicted octanol–water partition coefficient (Wildman–Crippen LogP) is 6.37. The molecule has 2 aromatic carbocycles. The van der Waals surface area contributed by atoms with E-state index in [1.165, 1.54) is 0 Å². The van der Waals surface area contributed by atoms with Crippen LogP contribution in [0.25, 0.3) is 11.1 Å². The summed E-state index contributed by atoms with van der Waals surface area (Å²) < 4.78 is 7.31. The Morgan fingerprint density at radius 1 is 1.05 bits per heavy atom. The molecule has 3 aromatic rings. The number of nitrogens with one attached hydrogen (secondary N) is 2. The van der Waals surface area contributed by atoms with Gasteiger partial charge < -0.3 is 20.5 Å². The highest BCUT2D eigenvalue weighted by molar-refractivity contribution is 5.97. The molecule has 214 valence electrons. The Morgan fingerprint density at radius 2 is 1.70 bits per heavy atom. The number of nitrogens with zero attached hydrogens (tertiary/aromatic N) is 2. The number of aromatic nitrogens is 2. The van der Waals surface area contributed by atoms with Crippen molar-refractivity contribution in [2.75, 3.05) is 5.32 Å². The summed E-state index contributed by atoms with van der Waals surface area (Å²) in [6.07, 6.45) is 3.72. The van der Waals surface area contributed by atoms with Crippen molar-refractivity contribution in [3.8, 4) is 11.1 Å². The predicted molar refractivity (Wildman–Crippen MR) is 157 cm³/mol. The van der Waals surface area contributed by atoms with Crippen LogP contribution in [-0.2, 0) is 16.1 Å². The summed E-state index contributed by atoms with van der Waals surface area (Å²) in [4.78, 5) is 26.0. The number of amides is 2. The molecule has 1 saturated carbocycles. The maximum atomic E-state index is 13.4. The smallest absolute Gasteiger partial charge is 0.408 e. The molecule has 8 nitrogen and oxygen atoms in total. The van der Waals surface area contributed by atoms with Crippen LogP contribution in [0.5, 0.6) is 0 Å². The fourth-order valence-electron chi connectivity index (χ4n) is 5.50. The van der Waals surface area contributed by atoms with E-state index in [-0.39, 0.29) is 11.8 Å². The van der Waals surface area contributed by atoms with Gasteiger partial charge in [0.05, 0.1) is 24.0 Å². The lowest BCUT2D eigenvalue weighted by atomic mass is 9.83. The molecule has 2 amide bonds. The molecular weight excluding hydrogens is 504 g/mol. The zero-order valence-electron chi connectivity index (χ0n) is 24.2. The van der Waals surface area contributed by atoms with Gasteiger partial charge in [-0.15, -0.1) is 0 Å². The summed E-state index contributed by atoms with van der Waals surface area (Å²) in [6, 6.07) is 16.9. The van der Waals surface area contributed by atoms with Gasteiger partial charge in [0.15, 0.2) is 0 Å². The highest BCUT2D eigenvalue weighted by Crippen LogP contribution is 2.33. The molecule has 0 spiro atoms. The quantitative estimate of drug-likeness (QED) is 0.304. The van der Waals surface area contributed by atoms with Gasteiger partial charge in [0.1, 0.15) is 11.6 Å². The van der Waals surface area contributed by atoms with Crippen LogP contribution in [0, 0.1) is 12.8 Å². The third-order valence-electron chi connectivity index (χ3n) is 7.25. The van der Waals surface area contributed by atoms with Crippen molar-refractivity contribution < 1.29 is 19.4 Å². The van der Waals surface area contributed by atoms with Gasteiger partial charge >= 0.3 is 6.09 Å². The lowest BCUT2D eigenvalue weighted by molar-refractivity contribution is -0.119. The minimum atomic E-state index is -0.713. The summed E-state index contributed by atoms with van der Waals surface area (Å²) in [5.41, 5.74) is 4.44. The zero-order valence-corrected chi connectivity index (χ0v) is 24.2. The molecular formula is C32H42N4O4. The summed E-state index contributed by atoms with van der Waals surface area (Å²) in [5.74, 6) is -0.186. The van der Waals surface area contributed by atoms with E-state index < -0.39 is 23.8 Å². The standard InChI is InChI=1S/C32H42N4O4/c1-21-27(29(22(2)37)36(35-21)20-23-12-8-6-9-13-23)24-16-18-26(19-17-24)33-30(38)28(25-14-10-7-11-15-25)34-31(39)40-32(3,4)5/h6,8-9,12-13,16-19,22,25,28,37H,7,10-11,14-15,20H2,1-5H3,(H,33,38)(H,34,39)/t22?,28-/m0/s1. The largest absolute Gasteiger partial charge is 0.444 e. The molecule has 0 saturated heterocycles. The molecule has 1 aromatic heterocycles. The van der Waals surface area contributed by atoms with Gasteiger partial charge in [-0.3, -0.25) is 9.48 Å². The van der Waals surface area contributed by atoms with Crippen molar-refractivity contribution in [1.82, 2.24) is 15.1 Å². The van der Waals surface area contributed by atoms with E-state index in [1.807, 2.05) is 66.2 Å². The van der Waals surface area contributed by atoms with E-state index in [2.05, 4.69) is 10.6 Å².